The van der Waals surface area contributed by atoms with E-state index in [1.807, 2.05) is 43.1 Å². The van der Waals surface area contributed by atoms with Crippen molar-refractivity contribution in [3.63, 3.8) is 0 Å². The van der Waals surface area contributed by atoms with Gasteiger partial charge in [-0.15, -0.1) is 0 Å². The molecule has 196 valence electrons. The maximum absolute atomic E-state index is 14.1. The van der Waals surface area contributed by atoms with Gasteiger partial charge >= 0.3 is 0 Å². The van der Waals surface area contributed by atoms with Crippen molar-refractivity contribution in [1.29, 1.82) is 0 Å². The van der Waals surface area contributed by atoms with Gasteiger partial charge in [-0.05, 0) is 70.0 Å². The fourth-order valence-corrected chi connectivity index (χ4v) is 5.93. The van der Waals surface area contributed by atoms with Gasteiger partial charge < -0.3 is 20.1 Å². The summed E-state index contributed by atoms with van der Waals surface area (Å²) < 4.78 is 2.08. The molecular weight excluding hydrogens is 464 g/mol. The van der Waals surface area contributed by atoms with Gasteiger partial charge in [0.2, 0.25) is 11.8 Å². The van der Waals surface area contributed by atoms with Crippen molar-refractivity contribution < 1.29 is 9.59 Å². The lowest BCUT2D eigenvalue weighted by Gasteiger charge is -2.35. The quantitative estimate of drug-likeness (QED) is 0.508. The first-order valence-electron chi connectivity index (χ1n) is 13.7. The number of hydrogen-bond acceptors (Lipinski definition) is 5. The first-order chi connectivity index (χ1) is 18.0. The molecule has 2 amide bonds. The molecule has 2 N–H and O–H groups in total. The number of nitrogens with one attached hydrogen (secondary N) is 2. The van der Waals surface area contributed by atoms with Crippen LogP contribution in [0.5, 0.6) is 0 Å². The second-order valence-electron chi connectivity index (χ2n) is 10.5. The number of para-hydroxylation sites is 1. The van der Waals surface area contributed by atoms with Crippen LogP contribution < -0.4 is 10.6 Å². The van der Waals surface area contributed by atoms with Crippen LogP contribution in [0, 0.1) is 12.8 Å². The van der Waals surface area contributed by atoms with Gasteiger partial charge in [0.25, 0.3) is 0 Å². The number of hydrogen-bond donors (Lipinski definition) is 2. The molecule has 0 bridgehead atoms. The number of rotatable bonds is 7. The Morgan fingerprint density at radius 2 is 1.81 bits per heavy atom. The highest BCUT2D eigenvalue weighted by Gasteiger charge is 2.39. The molecule has 0 unspecified atom stereocenters. The van der Waals surface area contributed by atoms with Crippen LogP contribution >= 0.6 is 0 Å². The number of carbonyl (C=O) groups excluding carboxylic acids is 2. The van der Waals surface area contributed by atoms with Gasteiger partial charge in [-0.25, -0.2) is 9.97 Å². The highest BCUT2D eigenvalue weighted by atomic mass is 16.2. The average Bonchev–Trinajstić information content (AvgIpc) is 3.59. The summed E-state index contributed by atoms with van der Waals surface area (Å²) in [7, 11) is 1.77. The molecular formula is C29H38N6O2. The number of nitrogens with zero attached hydrogens (tertiary/aromatic N) is 4. The lowest BCUT2D eigenvalue weighted by molar-refractivity contribution is -0.139. The standard InChI is InChI=1S/C29H38N6O2/c1-19(30-3)28(36)33-27(22-11-5-4-6-12-22)29(37)35-16-9-14-25(35)23-18-26(32-20(2)31-23)34-17-15-21-10-7-8-13-24(21)34/h7-8,10,13,15,17-19,22,25,27,30H,4-6,9,11-12,14,16H2,1-3H3,(H,33,36)/t19-,25-,27-/m0/s1. The molecule has 1 saturated carbocycles. The molecule has 3 aromatic rings. The lowest BCUT2D eigenvalue weighted by atomic mass is 9.83. The van der Waals surface area contributed by atoms with Crippen molar-refractivity contribution in [3.8, 4) is 5.82 Å². The number of likely N-dealkylation sites (tertiary alicyclic amines) is 1. The summed E-state index contributed by atoms with van der Waals surface area (Å²) in [6.45, 7) is 4.41. The largest absolute Gasteiger partial charge is 0.343 e. The van der Waals surface area contributed by atoms with Gasteiger partial charge in [-0.3, -0.25) is 9.59 Å². The Hall–Kier alpha value is -3.26. The van der Waals surface area contributed by atoms with Crippen LogP contribution in [0.4, 0.5) is 0 Å². The van der Waals surface area contributed by atoms with Crippen molar-refractivity contribution in [1.82, 2.24) is 30.1 Å². The molecule has 1 aliphatic carbocycles. The topological polar surface area (TPSA) is 92.2 Å². The van der Waals surface area contributed by atoms with E-state index in [0.29, 0.717) is 12.4 Å². The zero-order chi connectivity index (χ0) is 25.9. The Balaban J connectivity index is 1.44. The summed E-state index contributed by atoms with van der Waals surface area (Å²) in [6.07, 6.45) is 9.16. The first kappa shape index (κ1) is 25.4. The second kappa shape index (κ2) is 11.0. The van der Waals surface area contributed by atoms with E-state index in [2.05, 4.69) is 33.4 Å². The molecule has 2 aromatic heterocycles. The van der Waals surface area contributed by atoms with Crippen LogP contribution in [0.1, 0.15) is 69.4 Å². The molecule has 2 fully saturated rings. The number of carbonyl (C=O) groups is 2. The van der Waals surface area contributed by atoms with E-state index < -0.39 is 6.04 Å². The van der Waals surface area contributed by atoms with Crippen molar-refractivity contribution in [2.45, 2.75) is 76.9 Å². The summed E-state index contributed by atoms with van der Waals surface area (Å²) >= 11 is 0. The predicted octanol–water partition coefficient (Wildman–Crippen LogP) is 4.07. The van der Waals surface area contributed by atoms with Crippen LogP contribution in [0.25, 0.3) is 16.7 Å². The zero-order valence-corrected chi connectivity index (χ0v) is 22.1. The fourth-order valence-electron chi connectivity index (χ4n) is 5.93. The lowest BCUT2D eigenvalue weighted by Crippen LogP contribution is -2.55. The molecule has 5 rings (SSSR count). The second-order valence-corrected chi connectivity index (χ2v) is 10.5. The van der Waals surface area contributed by atoms with E-state index >= 15 is 0 Å². The first-order valence-corrected chi connectivity index (χ1v) is 13.7. The highest BCUT2D eigenvalue weighted by Crippen LogP contribution is 2.35. The van der Waals surface area contributed by atoms with Crippen LogP contribution in [0.3, 0.4) is 0 Å². The minimum atomic E-state index is -0.500. The van der Waals surface area contributed by atoms with Crippen molar-refractivity contribution in [2.24, 2.45) is 5.92 Å². The molecule has 8 heteroatoms. The number of likely N-dealkylation sites (N-methyl/N-ethyl adjacent to an activating group) is 1. The van der Waals surface area contributed by atoms with Gasteiger partial charge in [0.05, 0.1) is 23.3 Å². The number of aromatic nitrogens is 3. The van der Waals surface area contributed by atoms with E-state index in [-0.39, 0.29) is 29.8 Å². The van der Waals surface area contributed by atoms with Crippen LogP contribution in [0.2, 0.25) is 0 Å². The summed E-state index contributed by atoms with van der Waals surface area (Å²) in [5, 5.41) is 7.27. The third-order valence-corrected chi connectivity index (χ3v) is 8.08. The van der Waals surface area contributed by atoms with E-state index in [0.717, 1.165) is 60.9 Å². The number of aryl methyl sites for hydroxylation is 1. The molecule has 1 aliphatic heterocycles. The summed E-state index contributed by atoms with van der Waals surface area (Å²) in [6, 6.07) is 11.4. The molecule has 1 aromatic carbocycles. The minimum Gasteiger partial charge on any atom is -0.343 e. The van der Waals surface area contributed by atoms with Crippen molar-refractivity contribution >= 4 is 22.7 Å². The maximum atomic E-state index is 14.1. The number of amides is 2. The Morgan fingerprint density at radius 1 is 1.03 bits per heavy atom. The van der Waals surface area contributed by atoms with Gasteiger partial charge in [0.1, 0.15) is 17.7 Å². The number of fused-ring (bicyclic) bond motifs is 1. The molecule has 3 heterocycles. The van der Waals surface area contributed by atoms with Crippen LogP contribution in [-0.2, 0) is 9.59 Å². The Bertz CT molecular complexity index is 1260. The summed E-state index contributed by atoms with van der Waals surface area (Å²) in [5.74, 6) is 1.56. The molecule has 3 atom stereocenters. The van der Waals surface area contributed by atoms with Gasteiger partial charge in [0.15, 0.2) is 0 Å². The third-order valence-electron chi connectivity index (χ3n) is 8.08. The van der Waals surface area contributed by atoms with Gasteiger partial charge in [-0.1, -0.05) is 37.5 Å². The van der Waals surface area contributed by atoms with E-state index in [4.69, 9.17) is 9.97 Å². The van der Waals surface area contributed by atoms with Gasteiger partial charge in [0, 0.05) is 18.8 Å². The smallest absolute Gasteiger partial charge is 0.246 e. The Labute approximate surface area is 218 Å². The molecule has 0 spiro atoms. The Morgan fingerprint density at radius 3 is 2.59 bits per heavy atom. The van der Waals surface area contributed by atoms with Gasteiger partial charge in [-0.2, -0.15) is 0 Å². The molecule has 2 aliphatic rings. The molecule has 37 heavy (non-hydrogen) atoms. The monoisotopic (exact) mass is 502 g/mol. The summed E-state index contributed by atoms with van der Waals surface area (Å²) in [5.41, 5.74) is 1.95. The van der Waals surface area contributed by atoms with Crippen LogP contribution in [-0.4, -0.2) is 56.9 Å². The van der Waals surface area contributed by atoms with E-state index in [1.165, 1.54) is 6.42 Å². The van der Waals surface area contributed by atoms with Crippen molar-refractivity contribution in [2.75, 3.05) is 13.6 Å². The number of benzene rings is 1. The molecule has 1 saturated heterocycles. The third kappa shape index (κ3) is 5.25. The van der Waals surface area contributed by atoms with Crippen LogP contribution in [0.15, 0.2) is 42.6 Å². The fraction of sp³-hybridized carbons (Fsp3) is 0.517. The zero-order valence-electron chi connectivity index (χ0n) is 22.1. The van der Waals surface area contributed by atoms with E-state index in [9.17, 15) is 9.59 Å². The normalized spacial score (nSPS) is 20.2. The van der Waals surface area contributed by atoms with E-state index in [1.54, 1.807) is 7.05 Å². The molecule has 0 radical (unpaired) electrons. The maximum Gasteiger partial charge on any atom is 0.246 e. The minimum absolute atomic E-state index is 0.0234. The summed E-state index contributed by atoms with van der Waals surface area (Å²) in [4.78, 5) is 38.4. The highest BCUT2D eigenvalue weighted by molar-refractivity contribution is 5.90. The predicted molar refractivity (Wildman–Crippen MR) is 144 cm³/mol. The average molecular weight is 503 g/mol. The Kier molecular flexibility index (Phi) is 7.55. The molecule has 8 nitrogen and oxygen atoms in total. The van der Waals surface area contributed by atoms with Crippen molar-refractivity contribution in [3.05, 3.63) is 54.1 Å². The SMILES string of the molecule is CN[C@@H](C)C(=O)N[C@H](C(=O)N1CCC[C@H]1c1cc(-n2ccc3ccccc32)nc(C)n1)C1CCCCC1.